The molecule has 2 rings (SSSR count). The van der Waals surface area contributed by atoms with E-state index in [0.717, 1.165) is 26.1 Å². The third-order valence-corrected chi connectivity index (χ3v) is 3.29. The number of hydrogen-bond donors (Lipinski definition) is 0. The number of ketones is 1. The highest BCUT2D eigenvalue weighted by Crippen LogP contribution is 2.17. The van der Waals surface area contributed by atoms with Crippen LogP contribution in [0.15, 0.2) is 24.3 Å². The molecule has 1 atom stereocenters. The molecule has 0 saturated carbocycles. The van der Waals surface area contributed by atoms with Gasteiger partial charge in [0.15, 0.2) is 5.78 Å². The van der Waals surface area contributed by atoms with E-state index >= 15 is 0 Å². The molecule has 1 heterocycles. The lowest BCUT2D eigenvalue weighted by molar-refractivity contribution is 0.0936. The van der Waals surface area contributed by atoms with Gasteiger partial charge in [-0.2, -0.15) is 0 Å². The van der Waals surface area contributed by atoms with Gasteiger partial charge in [-0.25, -0.2) is 4.39 Å². The number of hydrogen-bond acceptors (Lipinski definition) is 3. The van der Waals surface area contributed by atoms with Crippen LogP contribution in [0.4, 0.5) is 4.39 Å². The summed E-state index contributed by atoms with van der Waals surface area (Å²) in [5, 5.41) is 0. The Labute approximate surface area is 107 Å². The van der Waals surface area contributed by atoms with Gasteiger partial charge in [-0.15, -0.1) is 0 Å². The van der Waals surface area contributed by atoms with Crippen molar-refractivity contribution in [3.8, 4) is 0 Å². The SMILES string of the molecule is COCC1CCN(CC(=O)c2cccc(F)c2)C1. The van der Waals surface area contributed by atoms with E-state index in [1.54, 1.807) is 19.2 Å². The molecule has 18 heavy (non-hydrogen) atoms. The normalized spacial score (nSPS) is 20.2. The molecule has 0 N–H and O–H groups in total. The first-order valence-electron chi connectivity index (χ1n) is 6.19. The number of carbonyl (C=O) groups excluding carboxylic acids is 1. The Morgan fingerprint density at radius 3 is 3.11 bits per heavy atom. The number of carbonyl (C=O) groups is 1. The van der Waals surface area contributed by atoms with Crippen molar-refractivity contribution in [3.05, 3.63) is 35.6 Å². The minimum Gasteiger partial charge on any atom is -0.384 e. The first-order valence-corrected chi connectivity index (χ1v) is 6.19. The van der Waals surface area contributed by atoms with Gasteiger partial charge < -0.3 is 4.74 Å². The van der Waals surface area contributed by atoms with E-state index in [0.29, 0.717) is 18.0 Å². The first-order chi connectivity index (χ1) is 8.69. The molecule has 1 aliphatic rings. The van der Waals surface area contributed by atoms with Gasteiger partial charge in [0.25, 0.3) is 0 Å². The van der Waals surface area contributed by atoms with E-state index in [1.807, 2.05) is 0 Å². The number of rotatable bonds is 5. The lowest BCUT2D eigenvalue weighted by Gasteiger charge is -2.14. The average Bonchev–Trinajstić information content (AvgIpc) is 2.77. The van der Waals surface area contributed by atoms with Crippen LogP contribution in [0.25, 0.3) is 0 Å². The molecule has 0 spiro atoms. The predicted octanol–water partition coefficient (Wildman–Crippen LogP) is 1.98. The van der Waals surface area contributed by atoms with Gasteiger partial charge in [0, 0.05) is 19.2 Å². The number of likely N-dealkylation sites (tertiary alicyclic amines) is 1. The Kier molecular flexibility index (Phi) is 4.44. The number of Topliss-reactive ketones (excluding diaryl/α,β-unsaturated/α-hetero) is 1. The smallest absolute Gasteiger partial charge is 0.176 e. The van der Waals surface area contributed by atoms with Crippen LogP contribution in [0.1, 0.15) is 16.8 Å². The molecule has 0 radical (unpaired) electrons. The molecule has 1 aromatic carbocycles. The summed E-state index contributed by atoms with van der Waals surface area (Å²) < 4.78 is 18.1. The van der Waals surface area contributed by atoms with Gasteiger partial charge in [-0.05, 0) is 31.0 Å². The summed E-state index contributed by atoms with van der Waals surface area (Å²) in [6, 6.07) is 5.88. The number of methoxy groups -OCH3 is 1. The quantitative estimate of drug-likeness (QED) is 0.749. The fourth-order valence-electron chi connectivity index (χ4n) is 2.38. The van der Waals surface area contributed by atoms with E-state index < -0.39 is 0 Å². The second kappa shape index (κ2) is 6.07. The molecule has 1 aliphatic heterocycles. The maximum atomic E-state index is 13.0. The van der Waals surface area contributed by atoms with Crippen LogP contribution >= 0.6 is 0 Å². The highest BCUT2D eigenvalue weighted by atomic mass is 19.1. The molecule has 1 aromatic rings. The average molecular weight is 251 g/mol. The van der Waals surface area contributed by atoms with Crippen LogP contribution in [-0.2, 0) is 4.74 Å². The van der Waals surface area contributed by atoms with Crippen molar-refractivity contribution in [1.29, 1.82) is 0 Å². The number of halogens is 1. The van der Waals surface area contributed by atoms with Gasteiger partial charge in [-0.3, -0.25) is 9.69 Å². The second-order valence-electron chi connectivity index (χ2n) is 4.78. The fraction of sp³-hybridized carbons (Fsp3) is 0.500. The number of benzene rings is 1. The molecule has 0 aliphatic carbocycles. The zero-order chi connectivity index (χ0) is 13.0. The molecule has 1 unspecified atom stereocenters. The topological polar surface area (TPSA) is 29.5 Å². The minimum absolute atomic E-state index is 0.0208. The molecule has 3 nitrogen and oxygen atoms in total. The zero-order valence-corrected chi connectivity index (χ0v) is 10.6. The van der Waals surface area contributed by atoms with Crippen molar-refractivity contribution in [2.75, 3.05) is 33.4 Å². The van der Waals surface area contributed by atoms with E-state index in [1.165, 1.54) is 12.1 Å². The van der Waals surface area contributed by atoms with Gasteiger partial charge in [0.2, 0.25) is 0 Å². The molecule has 0 amide bonds. The molecular weight excluding hydrogens is 233 g/mol. The summed E-state index contributed by atoms with van der Waals surface area (Å²) in [5.41, 5.74) is 0.449. The highest BCUT2D eigenvalue weighted by molar-refractivity contribution is 5.97. The molecule has 0 bridgehead atoms. The van der Waals surface area contributed by atoms with Gasteiger partial charge >= 0.3 is 0 Å². The Morgan fingerprint density at radius 1 is 1.56 bits per heavy atom. The monoisotopic (exact) mass is 251 g/mol. The van der Waals surface area contributed by atoms with E-state index in [9.17, 15) is 9.18 Å². The van der Waals surface area contributed by atoms with Crippen molar-refractivity contribution >= 4 is 5.78 Å². The first kappa shape index (κ1) is 13.2. The maximum Gasteiger partial charge on any atom is 0.176 e. The van der Waals surface area contributed by atoms with Crippen molar-refractivity contribution in [2.45, 2.75) is 6.42 Å². The molecular formula is C14H18FNO2. The molecule has 98 valence electrons. The summed E-state index contributed by atoms with van der Waals surface area (Å²) in [4.78, 5) is 14.1. The van der Waals surface area contributed by atoms with Gasteiger partial charge in [0.05, 0.1) is 13.2 Å². The van der Waals surface area contributed by atoms with Crippen LogP contribution < -0.4 is 0 Å². The summed E-state index contributed by atoms with van der Waals surface area (Å²) in [6.45, 7) is 2.90. The lowest BCUT2D eigenvalue weighted by atomic mass is 10.1. The summed E-state index contributed by atoms with van der Waals surface area (Å²) in [5.74, 6) is 0.127. The van der Waals surface area contributed by atoms with Crippen molar-refractivity contribution in [3.63, 3.8) is 0 Å². The molecule has 4 heteroatoms. The molecule has 1 fully saturated rings. The van der Waals surface area contributed by atoms with Crippen LogP contribution in [-0.4, -0.2) is 44.0 Å². The van der Waals surface area contributed by atoms with Crippen LogP contribution in [0.2, 0.25) is 0 Å². The Balaban J connectivity index is 1.89. The molecule has 1 saturated heterocycles. The fourth-order valence-corrected chi connectivity index (χ4v) is 2.38. The van der Waals surface area contributed by atoms with E-state index in [-0.39, 0.29) is 11.6 Å². The van der Waals surface area contributed by atoms with Crippen molar-refractivity contribution in [1.82, 2.24) is 4.90 Å². The molecule has 0 aromatic heterocycles. The Hall–Kier alpha value is -1.26. The predicted molar refractivity (Wildman–Crippen MR) is 67.2 cm³/mol. The van der Waals surface area contributed by atoms with Gasteiger partial charge in [0.1, 0.15) is 5.82 Å². The maximum absolute atomic E-state index is 13.0. The summed E-state index contributed by atoms with van der Waals surface area (Å²) >= 11 is 0. The zero-order valence-electron chi connectivity index (χ0n) is 10.6. The third kappa shape index (κ3) is 3.37. The van der Waals surface area contributed by atoms with Crippen molar-refractivity contribution in [2.24, 2.45) is 5.92 Å². The van der Waals surface area contributed by atoms with E-state index in [2.05, 4.69) is 4.90 Å². The van der Waals surface area contributed by atoms with Crippen molar-refractivity contribution < 1.29 is 13.9 Å². The number of ether oxygens (including phenoxy) is 1. The minimum atomic E-state index is -0.362. The summed E-state index contributed by atoms with van der Waals surface area (Å²) in [6.07, 6.45) is 1.06. The summed E-state index contributed by atoms with van der Waals surface area (Å²) in [7, 11) is 1.69. The highest BCUT2D eigenvalue weighted by Gasteiger charge is 2.24. The number of nitrogens with zero attached hydrogens (tertiary/aromatic N) is 1. The third-order valence-electron chi connectivity index (χ3n) is 3.29. The second-order valence-corrected chi connectivity index (χ2v) is 4.78. The van der Waals surface area contributed by atoms with Crippen LogP contribution in [0, 0.1) is 11.7 Å². The van der Waals surface area contributed by atoms with Crippen LogP contribution in [0.5, 0.6) is 0 Å². The van der Waals surface area contributed by atoms with Gasteiger partial charge in [-0.1, -0.05) is 12.1 Å². The van der Waals surface area contributed by atoms with E-state index in [4.69, 9.17) is 4.74 Å². The van der Waals surface area contributed by atoms with Crippen LogP contribution in [0.3, 0.4) is 0 Å². The Morgan fingerprint density at radius 2 is 2.39 bits per heavy atom. The Bertz CT molecular complexity index is 422. The largest absolute Gasteiger partial charge is 0.384 e. The standard InChI is InChI=1S/C14H18FNO2/c1-18-10-11-5-6-16(8-11)9-14(17)12-3-2-4-13(15)7-12/h2-4,7,11H,5-6,8-10H2,1H3. The lowest BCUT2D eigenvalue weighted by Crippen LogP contribution is -2.28.